The summed E-state index contributed by atoms with van der Waals surface area (Å²) >= 11 is 0. The first-order valence-electron chi connectivity index (χ1n) is 11.2. The Morgan fingerprint density at radius 2 is 1.67 bits per heavy atom. The molecule has 7 rings (SSSR count). The Balaban J connectivity index is 1.42. The van der Waals surface area contributed by atoms with E-state index in [1.54, 1.807) is 0 Å². The van der Waals surface area contributed by atoms with Crippen LogP contribution in [0.5, 0.6) is 0 Å². The summed E-state index contributed by atoms with van der Waals surface area (Å²) in [6.45, 7) is 4.04. The van der Waals surface area contributed by atoms with Crippen molar-refractivity contribution >= 4 is 28.3 Å². The van der Waals surface area contributed by atoms with Crippen LogP contribution in [0, 0.1) is 23.2 Å². The maximum atomic E-state index is 13.4. The largest absolute Gasteiger partial charge is 0.369 e. The first kappa shape index (κ1) is 18.2. The molecule has 4 aliphatic carbocycles. The zero-order chi connectivity index (χ0) is 20.8. The fourth-order valence-corrected chi connectivity index (χ4v) is 7.46. The molecule has 156 valence electrons. The summed E-state index contributed by atoms with van der Waals surface area (Å²) < 4.78 is 0. The van der Waals surface area contributed by atoms with E-state index >= 15 is 0 Å². The number of nitrogens with two attached hydrogens (primary N) is 1. The molecule has 4 bridgehead atoms. The van der Waals surface area contributed by atoms with E-state index in [-0.39, 0.29) is 23.3 Å². The van der Waals surface area contributed by atoms with Crippen LogP contribution in [0.4, 0.5) is 5.69 Å². The number of amides is 2. The van der Waals surface area contributed by atoms with Gasteiger partial charge in [0.1, 0.15) is 5.54 Å². The van der Waals surface area contributed by atoms with Crippen molar-refractivity contribution in [3.63, 3.8) is 0 Å². The van der Waals surface area contributed by atoms with Crippen molar-refractivity contribution in [3.8, 4) is 0 Å². The highest BCUT2D eigenvalue weighted by Gasteiger charge is 2.65. The van der Waals surface area contributed by atoms with Gasteiger partial charge in [-0.1, -0.05) is 36.4 Å². The average molecular weight is 404 g/mol. The highest BCUT2D eigenvalue weighted by molar-refractivity contribution is 6.03. The lowest BCUT2D eigenvalue weighted by molar-refractivity contribution is -0.179. The molecule has 5 nitrogen and oxygen atoms in total. The molecular weight excluding hydrogens is 374 g/mol. The Kier molecular flexibility index (Phi) is 3.51. The molecule has 30 heavy (non-hydrogen) atoms. The Morgan fingerprint density at radius 1 is 1.00 bits per heavy atom. The van der Waals surface area contributed by atoms with Gasteiger partial charge in [0.15, 0.2) is 0 Å². The number of fused-ring (bicyclic) bond motifs is 1. The number of carbonyl (C=O) groups is 2. The van der Waals surface area contributed by atoms with Gasteiger partial charge in [-0.05, 0) is 75.2 Å². The van der Waals surface area contributed by atoms with Crippen LogP contribution >= 0.6 is 0 Å². The van der Waals surface area contributed by atoms with Crippen molar-refractivity contribution in [2.24, 2.45) is 28.9 Å². The number of carbonyl (C=O) groups excluding carboxylic acids is 2. The number of primary amides is 1. The predicted octanol–water partition coefficient (Wildman–Crippen LogP) is 3.86. The molecule has 2 N–H and O–H groups in total. The van der Waals surface area contributed by atoms with Crippen molar-refractivity contribution in [1.29, 1.82) is 0 Å². The molecule has 1 saturated heterocycles. The zero-order valence-corrected chi connectivity index (χ0v) is 17.7. The monoisotopic (exact) mass is 403 g/mol. The smallest absolute Gasteiger partial charge is 0.268 e. The van der Waals surface area contributed by atoms with E-state index in [2.05, 4.69) is 52.5 Å². The third-order valence-electron chi connectivity index (χ3n) is 8.50. The van der Waals surface area contributed by atoms with Gasteiger partial charge in [0.2, 0.25) is 5.91 Å². The normalized spacial score (nSPS) is 36.3. The molecule has 0 aromatic heterocycles. The van der Waals surface area contributed by atoms with Crippen molar-refractivity contribution in [2.45, 2.75) is 57.5 Å². The summed E-state index contributed by atoms with van der Waals surface area (Å²) in [5.41, 5.74) is 6.07. The van der Waals surface area contributed by atoms with Crippen LogP contribution in [0.15, 0.2) is 42.5 Å². The molecular formula is C25H29N3O2. The van der Waals surface area contributed by atoms with Crippen LogP contribution in [0.25, 0.3) is 10.8 Å². The minimum absolute atomic E-state index is 0.124. The SMILES string of the molecule is CC1(C)C(=O)N(C2C3CC4C[C@H]2C[C@@](C(N)=O)(C4)C3)N1c1cccc2ccccc12. The number of hydrazine groups is 1. The van der Waals surface area contributed by atoms with Crippen LogP contribution in [0.2, 0.25) is 0 Å². The molecule has 2 aromatic carbocycles. The molecule has 1 heterocycles. The molecule has 1 aliphatic heterocycles. The summed E-state index contributed by atoms with van der Waals surface area (Å²) in [5.74, 6) is 1.38. The first-order valence-corrected chi connectivity index (χ1v) is 11.2. The van der Waals surface area contributed by atoms with E-state index < -0.39 is 5.54 Å². The Labute approximate surface area is 177 Å². The molecule has 2 aromatic rings. The van der Waals surface area contributed by atoms with Crippen LogP contribution in [0.1, 0.15) is 46.0 Å². The number of rotatable bonds is 3. The Morgan fingerprint density at radius 3 is 2.37 bits per heavy atom. The standard InChI is InChI=1S/C25H29N3O2/c1-24(2)23(30)27(28(24)20-9-5-7-16-6-3-4-8-19(16)20)21-17-10-15-11-18(21)14-25(12-15,13-17)22(26)29/h3-9,15,17-18,21H,10-14H2,1-2H3,(H2,26,29)/t15?,17-,18?,21?,25-/m0/s1. The lowest BCUT2D eigenvalue weighted by atomic mass is 9.47. The van der Waals surface area contributed by atoms with Gasteiger partial charge in [0.25, 0.3) is 5.91 Å². The Bertz CT molecular complexity index is 1060. The van der Waals surface area contributed by atoms with E-state index in [0.29, 0.717) is 17.8 Å². The molecule has 4 saturated carbocycles. The highest BCUT2D eigenvalue weighted by Crippen LogP contribution is 2.62. The molecule has 2 amide bonds. The van der Waals surface area contributed by atoms with E-state index in [4.69, 9.17) is 5.73 Å². The van der Waals surface area contributed by atoms with Gasteiger partial charge >= 0.3 is 0 Å². The molecule has 5 atom stereocenters. The van der Waals surface area contributed by atoms with E-state index in [1.165, 1.54) is 10.8 Å². The summed E-state index contributed by atoms with van der Waals surface area (Å²) in [6, 6.07) is 14.9. The van der Waals surface area contributed by atoms with Crippen molar-refractivity contribution in [3.05, 3.63) is 42.5 Å². The lowest BCUT2D eigenvalue weighted by Gasteiger charge is -2.67. The van der Waals surface area contributed by atoms with Gasteiger partial charge in [-0.25, -0.2) is 5.01 Å². The molecule has 5 heteroatoms. The van der Waals surface area contributed by atoms with Gasteiger partial charge in [0.05, 0.1) is 11.7 Å². The summed E-state index contributed by atoms with van der Waals surface area (Å²) in [7, 11) is 0. The number of hydrogen-bond donors (Lipinski definition) is 1. The summed E-state index contributed by atoms with van der Waals surface area (Å²) in [5, 5.41) is 6.65. The van der Waals surface area contributed by atoms with Crippen LogP contribution < -0.4 is 10.7 Å². The summed E-state index contributed by atoms with van der Waals surface area (Å²) in [4.78, 5) is 25.8. The number of benzene rings is 2. The minimum Gasteiger partial charge on any atom is -0.369 e. The van der Waals surface area contributed by atoms with Crippen molar-refractivity contribution in [1.82, 2.24) is 5.01 Å². The van der Waals surface area contributed by atoms with Crippen molar-refractivity contribution < 1.29 is 9.59 Å². The fraction of sp³-hybridized carbons (Fsp3) is 0.520. The van der Waals surface area contributed by atoms with Crippen LogP contribution in [0.3, 0.4) is 0 Å². The minimum atomic E-state index is -0.569. The Hall–Kier alpha value is -2.56. The highest BCUT2D eigenvalue weighted by atomic mass is 16.2. The average Bonchev–Trinajstić information content (AvgIpc) is 2.71. The molecule has 0 spiro atoms. The van der Waals surface area contributed by atoms with Gasteiger partial charge in [0, 0.05) is 10.8 Å². The van der Waals surface area contributed by atoms with E-state index in [1.807, 2.05) is 13.8 Å². The van der Waals surface area contributed by atoms with E-state index in [9.17, 15) is 9.59 Å². The maximum Gasteiger partial charge on any atom is 0.268 e. The quantitative estimate of drug-likeness (QED) is 0.846. The zero-order valence-electron chi connectivity index (χ0n) is 17.7. The van der Waals surface area contributed by atoms with Gasteiger partial charge < -0.3 is 5.73 Å². The maximum absolute atomic E-state index is 13.4. The second-order valence-electron chi connectivity index (χ2n) is 10.6. The lowest BCUT2D eigenvalue weighted by Crippen LogP contribution is -2.80. The molecule has 5 aliphatic rings. The van der Waals surface area contributed by atoms with E-state index in [0.717, 1.165) is 37.8 Å². The number of nitrogens with zero attached hydrogens (tertiary/aromatic N) is 2. The predicted molar refractivity (Wildman–Crippen MR) is 116 cm³/mol. The molecule has 0 radical (unpaired) electrons. The first-order chi connectivity index (χ1) is 14.3. The topological polar surface area (TPSA) is 66.6 Å². The number of anilines is 1. The fourth-order valence-electron chi connectivity index (χ4n) is 7.46. The number of hydrogen-bond acceptors (Lipinski definition) is 3. The van der Waals surface area contributed by atoms with Gasteiger partial charge in [-0.15, -0.1) is 0 Å². The molecule has 3 unspecified atom stereocenters. The second kappa shape index (κ2) is 5.77. The third kappa shape index (κ3) is 2.18. The molecule has 5 fully saturated rings. The van der Waals surface area contributed by atoms with Crippen molar-refractivity contribution in [2.75, 3.05) is 5.01 Å². The van der Waals surface area contributed by atoms with Crippen LogP contribution in [-0.2, 0) is 9.59 Å². The summed E-state index contributed by atoms with van der Waals surface area (Å²) in [6.07, 6.45) is 4.86. The second-order valence-corrected chi connectivity index (χ2v) is 10.6. The van der Waals surface area contributed by atoms with Gasteiger partial charge in [-0.2, -0.15) is 0 Å². The van der Waals surface area contributed by atoms with Gasteiger partial charge in [-0.3, -0.25) is 14.6 Å². The third-order valence-corrected chi connectivity index (χ3v) is 8.50. The van der Waals surface area contributed by atoms with Crippen LogP contribution in [-0.4, -0.2) is 28.4 Å².